The monoisotopic (exact) mass is 280 g/mol. The second kappa shape index (κ2) is 4.86. The average molecular weight is 280 g/mol. The van der Waals surface area contributed by atoms with E-state index < -0.39 is 0 Å². The third-order valence-corrected chi connectivity index (χ3v) is 4.06. The van der Waals surface area contributed by atoms with Crippen LogP contribution in [0.2, 0.25) is 0 Å². The number of pyridine rings is 1. The van der Waals surface area contributed by atoms with Crippen LogP contribution >= 0.6 is 0 Å². The number of H-pyrrole nitrogens is 1. The first-order valence-corrected chi connectivity index (χ1v) is 7.18. The van der Waals surface area contributed by atoms with E-state index in [0.29, 0.717) is 18.2 Å². The lowest BCUT2D eigenvalue weighted by molar-refractivity contribution is 0.331. The maximum Gasteiger partial charge on any atom is 0.327 e. The van der Waals surface area contributed by atoms with E-state index in [4.69, 9.17) is 0 Å². The minimum absolute atomic E-state index is 0.0867. The molecule has 5 heteroatoms. The smallest absolute Gasteiger partial charge is 0.312 e. The SMILES string of the molecule is O=c1[nH]c2ncc(-c3ccccc3)cc2n1CC1CCN1. The van der Waals surface area contributed by atoms with Crippen LogP contribution < -0.4 is 11.0 Å². The number of benzene rings is 1. The Kier molecular flexibility index (Phi) is 2.86. The molecule has 1 aliphatic rings. The van der Waals surface area contributed by atoms with Crippen molar-refractivity contribution < 1.29 is 0 Å². The van der Waals surface area contributed by atoms with Gasteiger partial charge in [-0.1, -0.05) is 30.3 Å². The van der Waals surface area contributed by atoms with E-state index in [-0.39, 0.29) is 5.69 Å². The lowest BCUT2D eigenvalue weighted by atomic mass is 10.1. The van der Waals surface area contributed by atoms with Crippen molar-refractivity contribution in [3.8, 4) is 11.1 Å². The maximum absolute atomic E-state index is 12.1. The van der Waals surface area contributed by atoms with E-state index in [1.54, 1.807) is 10.8 Å². The summed E-state index contributed by atoms with van der Waals surface area (Å²) >= 11 is 0. The molecule has 21 heavy (non-hydrogen) atoms. The van der Waals surface area contributed by atoms with Gasteiger partial charge in [-0.2, -0.15) is 0 Å². The maximum atomic E-state index is 12.1. The minimum Gasteiger partial charge on any atom is -0.312 e. The third-order valence-electron chi connectivity index (χ3n) is 4.06. The number of aromatic amines is 1. The molecule has 0 aliphatic carbocycles. The van der Waals surface area contributed by atoms with Crippen LogP contribution in [-0.2, 0) is 6.54 Å². The van der Waals surface area contributed by atoms with Crippen molar-refractivity contribution in [2.45, 2.75) is 19.0 Å². The number of aromatic nitrogens is 3. The minimum atomic E-state index is -0.0867. The number of hydrogen-bond donors (Lipinski definition) is 2. The van der Waals surface area contributed by atoms with Gasteiger partial charge in [0.2, 0.25) is 0 Å². The largest absolute Gasteiger partial charge is 0.327 e. The van der Waals surface area contributed by atoms with Crippen molar-refractivity contribution >= 4 is 11.2 Å². The highest BCUT2D eigenvalue weighted by Crippen LogP contribution is 2.21. The second-order valence-corrected chi connectivity index (χ2v) is 5.44. The zero-order valence-corrected chi connectivity index (χ0v) is 11.5. The van der Waals surface area contributed by atoms with Crippen LogP contribution in [0.5, 0.6) is 0 Å². The number of rotatable bonds is 3. The summed E-state index contributed by atoms with van der Waals surface area (Å²) in [5.74, 6) is 0. The van der Waals surface area contributed by atoms with Crippen LogP contribution in [0.3, 0.4) is 0 Å². The van der Waals surface area contributed by atoms with E-state index in [1.165, 1.54) is 0 Å². The Morgan fingerprint density at radius 1 is 1.24 bits per heavy atom. The molecule has 1 fully saturated rings. The highest BCUT2D eigenvalue weighted by atomic mass is 16.1. The summed E-state index contributed by atoms with van der Waals surface area (Å²) in [5, 5.41) is 3.33. The summed E-state index contributed by atoms with van der Waals surface area (Å²) in [6.07, 6.45) is 2.92. The first kappa shape index (κ1) is 12.3. The van der Waals surface area contributed by atoms with Crippen LogP contribution in [0.4, 0.5) is 0 Å². The van der Waals surface area contributed by atoms with Gasteiger partial charge in [0.1, 0.15) is 0 Å². The molecule has 3 heterocycles. The van der Waals surface area contributed by atoms with Gasteiger partial charge >= 0.3 is 5.69 Å². The summed E-state index contributed by atoms with van der Waals surface area (Å²) in [4.78, 5) is 19.3. The molecule has 106 valence electrons. The number of fused-ring (bicyclic) bond motifs is 1. The molecule has 0 saturated carbocycles. The summed E-state index contributed by atoms with van der Waals surface area (Å²) in [7, 11) is 0. The Morgan fingerprint density at radius 3 is 2.76 bits per heavy atom. The molecule has 1 atom stereocenters. The fourth-order valence-electron chi connectivity index (χ4n) is 2.73. The molecule has 0 amide bonds. The predicted molar refractivity (Wildman–Crippen MR) is 82.2 cm³/mol. The van der Waals surface area contributed by atoms with Gasteiger partial charge in [0.25, 0.3) is 0 Å². The predicted octanol–water partition coefficient (Wildman–Crippen LogP) is 1.75. The topological polar surface area (TPSA) is 62.7 Å². The van der Waals surface area contributed by atoms with Crippen molar-refractivity contribution in [2.75, 3.05) is 6.54 Å². The molecule has 0 radical (unpaired) electrons. The highest BCUT2D eigenvalue weighted by Gasteiger charge is 2.19. The number of hydrogen-bond acceptors (Lipinski definition) is 3. The molecule has 0 bridgehead atoms. The summed E-state index contributed by atoms with van der Waals surface area (Å²) in [6, 6.07) is 12.5. The van der Waals surface area contributed by atoms with Crippen molar-refractivity contribution in [3.63, 3.8) is 0 Å². The van der Waals surface area contributed by atoms with Gasteiger partial charge in [-0.05, 0) is 24.6 Å². The zero-order chi connectivity index (χ0) is 14.2. The summed E-state index contributed by atoms with van der Waals surface area (Å²) in [6.45, 7) is 1.73. The molecule has 1 saturated heterocycles. The van der Waals surface area contributed by atoms with Gasteiger partial charge in [0.15, 0.2) is 5.65 Å². The lowest BCUT2D eigenvalue weighted by Gasteiger charge is -2.27. The van der Waals surface area contributed by atoms with Gasteiger partial charge in [-0.3, -0.25) is 9.55 Å². The first-order chi connectivity index (χ1) is 10.3. The molecular formula is C16H16N4O. The molecular weight excluding hydrogens is 264 g/mol. The number of nitrogens with one attached hydrogen (secondary N) is 2. The molecule has 3 aromatic rings. The number of nitrogens with zero attached hydrogens (tertiary/aromatic N) is 2. The zero-order valence-electron chi connectivity index (χ0n) is 11.5. The molecule has 4 rings (SSSR count). The fraction of sp³-hybridized carbons (Fsp3) is 0.250. The Morgan fingerprint density at radius 2 is 2.05 bits per heavy atom. The van der Waals surface area contributed by atoms with E-state index in [1.807, 2.05) is 36.4 Å². The lowest BCUT2D eigenvalue weighted by Crippen LogP contribution is -2.46. The summed E-state index contributed by atoms with van der Waals surface area (Å²) in [5.41, 5.74) is 3.57. The average Bonchev–Trinajstić information content (AvgIpc) is 2.78. The van der Waals surface area contributed by atoms with E-state index in [9.17, 15) is 4.79 Å². The van der Waals surface area contributed by atoms with Crippen LogP contribution in [0, 0.1) is 0 Å². The van der Waals surface area contributed by atoms with Crippen LogP contribution in [-0.4, -0.2) is 27.1 Å². The van der Waals surface area contributed by atoms with E-state index >= 15 is 0 Å². The van der Waals surface area contributed by atoms with Crippen LogP contribution in [0.1, 0.15) is 6.42 Å². The molecule has 1 unspecified atom stereocenters. The normalized spacial score (nSPS) is 17.8. The standard InChI is InChI=1S/C16H16N4O/c21-16-19-15-14(20(16)10-13-6-7-17-13)8-12(9-18-15)11-4-2-1-3-5-11/h1-5,8-9,13,17H,6-7,10H2,(H,18,19,21). The fourth-order valence-corrected chi connectivity index (χ4v) is 2.73. The quantitative estimate of drug-likeness (QED) is 0.768. The van der Waals surface area contributed by atoms with E-state index in [0.717, 1.165) is 29.6 Å². The van der Waals surface area contributed by atoms with Crippen molar-refractivity contribution in [3.05, 3.63) is 53.1 Å². The Balaban J connectivity index is 1.82. The Labute approximate surface area is 121 Å². The number of imidazole rings is 1. The van der Waals surface area contributed by atoms with E-state index in [2.05, 4.69) is 15.3 Å². The molecule has 0 spiro atoms. The van der Waals surface area contributed by atoms with Gasteiger partial charge in [-0.25, -0.2) is 9.78 Å². The molecule has 1 aromatic carbocycles. The first-order valence-electron chi connectivity index (χ1n) is 7.18. The molecule has 2 N–H and O–H groups in total. The second-order valence-electron chi connectivity index (χ2n) is 5.44. The van der Waals surface area contributed by atoms with Crippen molar-refractivity contribution in [2.24, 2.45) is 0 Å². The van der Waals surface area contributed by atoms with Gasteiger partial charge in [0.05, 0.1) is 5.52 Å². The van der Waals surface area contributed by atoms with Gasteiger partial charge < -0.3 is 5.32 Å². The van der Waals surface area contributed by atoms with Crippen molar-refractivity contribution in [1.82, 2.24) is 19.9 Å². The molecule has 2 aromatic heterocycles. The molecule has 1 aliphatic heterocycles. The van der Waals surface area contributed by atoms with Crippen LogP contribution in [0.15, 0.2) is 47.4 Å². The van der Waals surface area contributed by atoms with Gasteiger partial charge in [-0.15, -0.1) is 0 Å². The van der Waals surface area contributed by atoms with Crippen molar-refractivity contribution in [1.29, 1.82) is 0 Å². The third kappa shape index (κ3) is 2.15. The summed E-state index contributed by atoms with van der Waals surface area (Å²) < 4.78 is 1.78. The van der Waals surface area contributed by atoms with Gasteiger partial charge in [0, 0.05) is 24.3 Å². The van der Waals surface area contributed by atoms with Crippen LogP contribution in [0.25, 0.3) is 22.3 Å². The Bertz CT molecular complexity index is 830. The molecule has 5 nitrogen and oxygen atoms in total. The Hall–Kier alpha value is -2.40. The highest BCUT2D eigenvalue weighted by molar-refractivity contribution is 5.78.